The normalized spacial score (nSPS) is 12.4. The zero-order valence-electron chi connectivity index (χ0n) is 8.71. The highest BCUT2D eigenvalue weighted by Crippen LogP contribution is 2.22. The number of ether oxygens (including phenoxy) is 1. The van der Waals surface area contributed by atoms with Crippen LogP contribution in [0, 0.1) is 0 Å². The molecule has 0 bridgehead atoms. The molecular formula is C9H12N6O. The Morgan fingerprint density at radius 1 is 1.31 bits per heavy atom. The molecule has 0 fully saturated rings. The summed E-state index contributed by atoms with van der Waals surface area (Å²) in [6.07, 6.45) is 6.48. The number of nitrogens with zero attached hydrogens (tertiary/aromatic N) is 3. The van der Waals surface area contributed by atoms with E-state index in [0.29, 0.717) is 17.4 Å². The van der Waals surface area contributed by atoms with Crippen LogP contribution in [0.1, 0.15) is 17.6 Å². The zero-order chi connectivity index (χ0) is 11.4. The van der Waals surface area contributed by atoms with Gasteiger partial charge in [0.1, 0.15) is 17.6 Å². The first-order valence-corrected chi connectivity index (χ1v) is 4.67. The molecule has 2 aromatic heterocycles. The fraction of sp³-hybridized carbons (Fsp3) is 0.222. The lowest BCUT2D eigenvalue weighted by Crippen LogP contribution is -2.30. The standard InChI is InChI=1S/C9H12N6O/c1-16-9-7(11-2-5-14-9)6(15-10)8-12-3-4-13-8/h2-6,15H,10H2,1H3,(H,12,13). The summed E-state index contributed by atoms with van der Waals surface area (Å²) in [5.41, 5.74) is 3.20. The first kappa shape index (κ1) is 10.5. The number of imidazole rings is 1. The fourth-order valence-electron chi connectivity index (χ4n) is 1.41. The van der Waals surface area contributed by atoms with Gasteiger partial charge in [-0.05, 0) is 0 Å². The Morgan fingerprint density at radius 3 is 2.75 bits per heavy atom. The highest BCUT2D eigenvalue weighted by Gasteiger charge is 2.21. The van der Waals surface area contributed by atoms with Crippen LogP contribution in [0.2, 0.25) is 0 Å². The van der Waals surface area contributed by atoms with Crippen LogP contribution in [0.3, 0.4) is 0 Å². The van der Waals surface area contributed by atoms with Crippen molar-refractivity contribution in [1.29, 1.82) is 0 Å². The van der Waals surface area contributed by atoms with E-state index in [4.69, 9.17) is 10.6 Å². The van der Waals surface area contributed by atoms with Gasteiger partial charge in [0.25, 0.3) is 0 Å². The van der Waals surface area contributed by atoms with Gasteiger partial charge in [-0.3, -0.25) is 10.8 Å². The van der Waals surface area contributed by atoms with Gasteiger partial charge in [-0.15, -0.1) is 0 Å². The van der Waals surface area contributed by atoms with E-state index >= 15 is 0 Å². The molecule has 2 heterocycles. The molecule has 0 saturated carbocycles. The van der Waals surface area contributed by atoms with Crippen molar-refractivity contribution in [3.05, 3.63) is 36.3 Å². The van der Waals surface area contributed by atoms with E-state index in [2.05, 4.69) is 25.4 Å². The molecule has 7 heteroatoms. The predicted molar refractivity (Wildman–Crippen MR) is 56.3 cm³/mol. The molecule has 4 N–H and O–H groups in total. The molecule has 0 saturated heterocycles. The monoisotopic (exact) mass is 220 g/mol. The average Bonchev–Trinajstić information content (AvgIpc) is 2.84. The number of nitrogens with one attached hydrogen (secondary N) is 2. The highest BCUT2D eigenvalue weighted by atomic mass is 16.5. The van der Waals surface area contributed by atoms with Crippen LogP contribution < -0.4 is 16.0 Å². The maximum atomic E-state index is 5.49. The second kappa shape index (κ2) is 4.69. The number of aromatic nitrogens is 4. The van der Waals surface area contributed by atoms with E-state index in [1.807, 2.05) is 0 Å². The Kier molecular flexibility index (Phi) is 3.08. The van der Waals surface area contributed by atoms with E-state index in [-0.39, 0.29) is 6.04 Å². The van der Waals surface area contributed by atoms with Crippen LogP contribution in [-0.4, -0.2) is 27.0 Å². The molecule has 0 spiro atoms. The minimum Gasteiger partial charge on any atom is -0.480 e. The van der Waals surface area contributed by atoms with Crippen molar-refractivity contribution in [1.82, 2.24) is 25.4 Å². The first-order valence-electron chi connectivity index (χ1n) is 4.67. The minimum atomic E-state index is -0.376. The maximum absolute atomic E-state index is 5.49. The van der Waals surface area contributed by atoms with Gasteiger partial charge in [-0.2, -0.15) is 0 Å². The molecule has 2 rings (SSSR count). The molecule has 0 amide bonds. The Labute approximate surface area is 92.1 Å². The van der Waals surface area contributed by atoms with E-state index in [0.717, 1.165) is 0 Å². The second-order valence-electron chi connectivity index (χ2n) is 3.02. The van der Waals surface area contributed by atoms with E-state index in [1.165, 1.54) is 7.11 Å². The molecular weight excluding hydrogens is 208 g/mol. The molecule has 0 aromatic carbocycles. The topological polar surface area (TPSA) is 102 Å². The van der Waals surface area contributed by atoms with Gasteiger partial charge in [-0.1, -0.05) is 0 Å². The Morgan fingerprint density at radius 2 is 2.12 bits per heavy atom. The van der Waals surface area contributed by atoms with Gasteiger partial charge < -0.3 is 9.72 Å². The third-order valence-electron chi connectivity index (χ3n) is 2.12. The molecule has 0 aliphatic carbocycles. The maximum Gasteiger partial charge on any atom is 0.237 e. The van der Waals surface area contributed by atoms with Gasteiger partial charge in [0.05, 0.1) is 7.11 Å². The molecule has 0 aliphatic rings. The SMILES string of the molecule is COc1nccnc1C(NN)c1ncc[nH]1. The number of aromatic amines is 1. The lowest BCUT2D eigenvalue weighted by molar-refractivity contribution is 0.381. The van der Waals surface area contributed by atoms with Gasteiger partial charge in [0.2, 0.25) is 5.88 Å². The van der Waals surface area contributed by atoms with Crippen LogP contribution in [0.4, 0.5) is 0 Å². The third-order valence-corrected chi connectivity index (χ3v) is 2.12. The number of nitrogens with two attached hydrogens (primary N) is 1. The summed E-state index contributed by atoms with van der Waals surface area (Å²) in [5.74, 6) is 6.56. The van der Waals surface area contributed by atoms with Gasteiger partial charge in [-0.25, -0.2) is 15.4 Å². The highest BCUT2D eigenvalue weighted by molar-refractivity contribution is 5.26. The van der Waals surface area contributed by atoms with Crippen LogP contribution in [0.25, 0.3) is 0 Å². The van der Waals surface area contributed by atoms with E-state index < -0.39 is 0 Å². The number of hydrogen-bond acceptors (Lipinski definition) is 6. The fourth-order valence-corrected chi connectivity index (χ4v) is 1.41. The zero-order valence-corrected chi connectivity index (χ0v) is 8.71. The number of H-pyrrole nitrogens is 1. The summed E-state index contributed by atoms with van der Waals surface area (Å²) in [6.45, 7) is 0. The van der Waals surface area contributed by atoms with Crippen molar-refractivity contribution in [3.63, 3.8) is 0 Å². The summed E-state index contributed by atoms with van der Waals surface area (Å²) in [5, 5.41) is 0. The summed E-state index contributed by atoms with van der Waals surface area (Å²) in [7, 11) is 1.53. The van der Waals surface area contributed by atoms with Crippen LogP contribution in [-0.2, 0) is 0 Å². The van der Waals surface area contributed by atoms with E-state index in [1.54, 1.807) is 24.8 Å². The third kappa shape index (κ3) is 1.86. The first-order chi connectivity index (χ1) is 7.86. The van der Waals surface area contributed by atoms with Gasteiger partial charge in [0, 0.05) is 24.8 Å². The minimum absolute atomic E-state index is 0.376. The van der Waals surface area contributed by atoms with Crippen molar-refractivity contribution >= 4 is 0 Å². The molecule has 0 aliphatic heterocycles. The molecule has 16 heavy (non-hydrogen) atoms. The number of hydrogen-bond donors (Lipinski definition) is 3. The molecule has 7 nitrogen and oxygen atoms in total. The van der Waals surface area contributed by atoms with Crippen LogP contribution >= 0.6 is 0 Å². The quantitative estimate of drug-likeness (QED) is 0.485. The van der Waals surface area contributed by atoms with E-state index in [9.17, 15) is 0 Å². The van der Waals surface area contributed by atoms with Crippen molar-refractivity contribution in [3.8, 4) is 5.88 Å². The Bertz CT molecular complexity index is 443. The summed E-state index contributed by atoms with van der Waals surface area (Å²) in [4.78, 5) is 15.3. The summed E-state index contributed by atoms with van der Waals surface area (Å²) < 4.78 is 5.12. The van der Waals surface area contributed by atoms with Gasteiger partial charge >= 0.3 is 0 Å². The smallest absolute Gasteiger partial charge is 0.237 e. The average molecular weight is 220 g/mol. The molecule has 1 unspecified atom stereocenters. The van der Waals surface area contributed by atoms with Crippen molar-refractivity contribution in [2.75, 3.05) is 7.11 Å². The largest absolute Gasteiger partial charge is 0.480 e. The summed E-state index contributed by atoms with van der Waals surface area (Å²) >= 11 is 0. The Balaban J connectivity index is 2.41. The predicted octanol–water partition coefficient (Wildman–Crippen LogP) is -0.239. The molecule has 1 atom stereocenters. The molecule has 0 radical (unpaired) electrons. The second-order valence-corrected chi connectivity index (χ2v) is 3.02. The van der Waals surface area contributed by atoms with Gasteiger partial charge in [0.15, 0.2) is 0 Å². The van der Waals surface area contributed by atoms with Crippen molar-refractivity contribution in [2.24, 2.45) is 5.84 Å². The lowest BCUT2D eigenvalue weighted by Gasteiger charge is -2.14. The van der Waals surface area contributed by atoms with Crippen LogP contribution in [0.15, 0.2) is 24.8 Å². The number of hydrazine groups is 1. The Hall–Kier alpha value is -1.99. The van der Waals surface area contributed by atoms with Crippen molar-refractivity contribution in [2.45, 2.75) is 6.04 Å². The molecule has 84 valence electrons. The molecule has 2 aromatic rings. The van der Waals surface area contributed by atoms with Crippen LogP contribution in [0.5, 0.6) is 5.88 Å². The summed E-state index contributed by atoms with van der Waals surface area (Å²) in [6, 6.07) is -0.376. The number of methoxy groups -OCH3 is 1. The number of rotatable bonds is 4. The lowest BCUT2D eigenvalue weighted by atomic mass is 10.2. The van der Waals surface area contributed by atoms with Crippen molar-refractivity contribution < 1.29 is 4.74 Å².